The van der Waals surface area contributed by atoms with Crippen LogP contribution in [0.4, 0.5) is 10.1 Å². The minimum absolute atomic E-state index is 0.144. The highest BCUT2D eigenvalue weighted by molar-refractivity contribution is 5.94. The highest BCUT2D eigenvalue weighted by Crippen LogP contribution is 2.37. The van der Waals surface area contributed by atoms with E-state index in [9.17, 15) is 19.1 Å². The molecule has 1 amide bonds. The zero-order valence-electron chi connectivity index (χ0n) is 25.3. The van der Waals surface area contributed by atoms with Gasteiger partial charge in [0.15, 0.2) is 0 Å². The second-order valence-electron chi connectivity index (χ2n) is 11.1. The summed E-state index contributed by atoms with van der Waals surface area (Å²) in [6.45, 7) is 6.25. The first kappa shape index (κ1) is 32.1. The third kappa shape index (κ3) is 9.07. The smallest absolute Gasteiger partial charge is 0.309 e. The van der Waals surface area contributed by atoms with Crippen LogP contribution in [0.1, 0.15) is 44.7 Å². The fourth-order valence-electron chi connectivity index (χ4n) is 4.50. The van der Waals surface area contributed by atoms with Crippen molar-refractivity contribution >= 4 is 17.6 Å². The number of carbonyl (C=O) groups excluding carboxylic acids is 1. The average molecular weight is 600 g/mol. The molecule has 44 heavy (non-hydrogen) atoms. The number of carboxylic acid groups (broad SMARTS) is 1. The van der Waals surface area contributed by atoms with E-state index in [1.807, 2.05) is 42.5 Å². The molecule has 4 rings (SSSR count). The predicted octanol–water partition coefficient (Wildman–Crippen LogP) is 7.92. The second kappa shape index (κ2) is 15.0. The van der Waals surface area contributed by atoms with E-state index in [0.29, 0.717) is 43.4 Å². The molecule has 0 saturated carbocycles. The van der Waals surface area contributed by atoms with Gasteiger partial charge in [0.1, 0.15) is 29.7 Å². The van der Waals surface area contributed by atoms with E-state index in [4.69, 9.17) is 14.2 Å². The first-order valence-electron chi connectivity index (χ1n) is 14.6. The summed E-state index contributed by atoms with van der Waals surface area (Å²) < 4.78 is 32.0. The van der Waals surface area contributed by atoms with E-state index >= 15 is 0 Å². The zero-order valence-corrected chi connectivity index (χ0v) is 25.3. The molecule has 0 radical (unpaired) electrons. The number of benzene rings is 4. The highest BCUT2D eigenvalue weighted by Gasteiger charge is 2.30. The van der Waals surface area contributed by atoms with Crippen molar-refractivity contribution in [3.05, 3.63) is 108 Å². The molecule has 4 aromatic rings. The molecule has 0 heterocycles. The number of hydrogen-bond acceptors (Lipinski definition) is 5. The number of hydrogen-bond donors (Lipinski definition) is 2. The minimum Gasteiger partial charge on any atom is -0.493 e. The monoisotopic (exact) mass is 599 g/mol. The summed E-state index contributed by atoms with van der Waals surface area (Å²) in [5.41, 5.74) is 3.13. The summed E-state index contributed by atoms with van der Waals surface area (Å²) in [5, 5.41) is 12.0. The maximum atomic E-state index is 13.6. The van der Waals surface area contributed by atoms with Gasteiger partial charge in [0.2, 0.25) is 5.91 Å². The van der Waals surface area contributed by atoms with Gasteiger partial charge in [-0.05, 0) is 67.3 Å². The van der Waals surface area contributed by atoms with E-state index in [1.54, 1.807) is 36.4 Å². The van der Waals surface area contributed by atoms with Crippen LogP contribution in [0.5, 0.6) is 17.2 Å². The topological polar surface area (TPSA) is 94.1 Å². The van der Waals surface area contributed by atoms with Crippen molar-refractivity contribution < 1.29 is 33.3 Å². The highest BCUT2D eigenvalue weighted by atomic mass is 19.1. The van der Waals surface area contributed by atoms with Crippen LogP contribution in [0.25, 0.3) is 11.1 Å². The maximum Gasteiger partial charge on any atom is 0.309 e. The molecule has 2 N–H and O–H groups in total. The zero-order chi connectivity index (χ0) is 31.5. The number of carboxylic acids is 1. The molecule has 0 aliphatic heterocycles. The van der Waals surface area contributed by atoms with Crippen LogP contribution in [0.3, 0.4) is 0 Å². The van der Waals surface area contributed by atoms with Crippen molar-refractivity contribution in [1.29, 1.82) is 0 Å². The van der Waals surface area contributed by atoms with Crippen LogP contribution in [0, 0.1) is 11.2 Å². The lowest BCUT2D eigenvalue weighted by Crippen LogP contribution is -2.29. The van der Waals surface area contributed by atoms with Crippen LogP contribution in [-0.2, 0) is 22.6 Å². The fourth-order valence-corrected chi connectivity index (χ4v) is 4.50. The Hall–Kier alpha value is -4.85. The molecule has 0 atom stereocenters. The van der Waals surface area contributed by atoms with E-state index in [0.717, 1.165) is 34.4 Å². The number of rotatable bonds is 15. The summed E-state index contributed by atoms with van der Waals surface area (Å²) in [6, 6.07) is 27.2. The molecule has 0 aliphatic rings. The lowest BCUT2D eigenvalue weighted by molar-refractivity contribution is -0.148. The molecule has 4 aromatic carbocycles. The number of aliphatic carboxylic acids is 1. The van der Waals surface area contributed by atoms with Gasteiger partial charge in [-0.2, -0.15) is 0 Å². The molecule has 0 saturated heterocycles. The lowest BCUT2D eigenvalue weighted by atomic mass is 9.89. The van der Waals surface area contributed by atoms with Gasteiger partial charge in [-0.15, -0.1) is 0 Å². The number of nitrogens with one attached hydrogen (secondary N) is 1. The van der Waals surface area contributed by atoms with Gasteiger partial charge in [0.25, 0.3) is 0 Å². The predicted molar refractivity (Wildman–Crippen MR) is 169 cm³/mol. The van der Waals surface area contributed by atoms with Gasteiger partial charge in [-0.1, -0.05) is 55.5 Å². The van der Waals surface area contributed by atoms with Crippen LogP contribution in [0.15, 0.2) is 91.0 Å². The standard InChI is InChI=1S/C36H38FNO6/c1-4-26-20-31(27-14-16-28(37)17-15-27)33(44-24-25-10-6-5-7-11-25)22-32(26)43-19-9-18-42-30-13-8-12-29(21-30)38-34(39)23-36(2,3)35(40)41/h5-8,10-17,20-22H,4,9,18-19,23-24H2,1-3H3,(H,38,39)(H,40,41). The number of aryl methyl sites for hydroxylation is 1. The molecule has 0 aromatic heterocycles. The minimum atomic E-state index is -1.16. The number of halogens is 1. The fraction of sp³-hybridized carbons (Fsp3) is 0.278. The second-order valence-corrected chi connectivity index (χ2v) is 11.1. The normalized spacial score (nSPS) is 11.1. The van der Waals surface area contributed by atoms with Gasteiger partial charge >= 0.3 is 5.97 Å². The van der Waals surface area contributed by atoms with Gasteiger partial charge < -0.3 is 24.6 Å². The quantitative estimate of drug-likeness (QED) is 0.135. The molecular weight excluding hydrogens is 561 g/mol. The third-order valence-electron chi connectivity index (χ3n) is 7.05. The Bertz CT molecular complexity index is 1550. The average Bonchev–Trinajstić information content (AvgIpc) is 3.00. The number of ether oxygens (including phenoxy) is 3. The molecular formula is C36H38FNO6. The molecule has 0 spiro atoms. The van der Waals surface area contributed by atoms with Crippen molar-refractivity contribution in [1.82, 2.24) is 0 Å². The Morgan fingerprint density at radius 3 is 2.27 bits per heavy atom. The Balaban J connectivity index is 1.37. The molecule has 0 unspecified atom stereocenters. The number of amides is 1. The van der Waals surface area contributed by atoms with E-state index < -0.39 is 11.4 Å². The molecule has 8 heteroatoms. The van der Waals surface area contributed by atoms with Crippen LogP contribution in [-0.4, -0.2) is 30.2 Å². The molecule has 0 fully saturated rings. The first-order chi connectivity index (χ1) is 21.1. The SMILES string of the molecule is CCc1cc(-c2ccc(F)cc2)c(OCc2ccccc2)cc1OCCCOc1cccc(NC(=O)CC(C)(C)C(=O)O)c1. The van der Waals surface area contributed by atoms with Crippen LogP contribution >= 0.6 is 0 Å². The number of anilines is 1. The van der Waals surface area contributed by atoms with Gasteiger partial charge in [0.05, 0.1) is 18.6 Å². The van der Waals surface area contributed by atoms with E-state index in [1.165, 1.54) is 26.0 Å². The maximum absolute atomic E-state index is 13.6. The van der Waals surface area contributed by atoms with Gasteiger partial charge in [0, 0.05) is 36.2 Å². The van der Waals surface area contributed by atoms with E-state index in [2.05, 4.69) is 12.2 Å². The van der Waals surface area contributed by atoms with Gasteiger partial charge in [-0.3, -0.25) is 9.59 Å². The van der Waals surface area contributed by atoms with Crippen molar-refractivity contribution in [2.75, 3.05) is 18.5 Å². The third-order valence-corrected chi connectivity index (χ3v) is 7.05. The summed E-state index contributed by atoms with van der Waals surface area (Å²) in [5.74, 6) is 0.236. The first-order valence-corrected chi connectivity index (χ1v) is 14.6. The van der Waals surface area contributed by atoms with E-state index in [-0.39, 0.29) is 18.1 Å². The summed E-state index contributed by atoms with van der Waals surface area (Å²) in [4.78, 5) is 23.6. The largest absolute Gasteiger partial charge is 0.493 e. The Labute approximate surface area is 257 Å². The van der Waals surface area contributed by atoms with Crippen molar-refractivity contribution in [2.45, 2.75) is 46.6 Å². The Morgan fingerprint density at radius 1 is 0.841 bits per heavy atom. The summed E-state index contributed by atoms with van der Waals surface area (Å²) >= 11 is 0. The summed E-state index contributed by atoms with van der Waals surface area (Å²) in [7, 11) is 0. The Kier molecular flexibility index (Phi) is 11.0. The lowest BCUT2D eigenvalue weighted by Gasteiger charge is -2.18. The molecule has 0 bridgehead atoms. The Morgan fingerprint density at radius 2 is 1.57 bits per heavy atom. The van der Waals surface area contributed by atoms with Crippen LogP contribution in [0.2, 0.25) is 0 Å². The molecule has 230 valence electrons. The van der Waals surface area contributed by atoms with Crippen molar-refractivity contribution in [2.24, 2.45) is 5.41 Å². The summed E-state index contributed by atoms with van der Waals surface area (Å²) in [6.07, 6.45) is 1.20. The van der Waals surface area contributed by atoms with Crippen LogP contribution < -0.4 is 19.5 Å². The van der Waals surface area contributed by atoms with Gasteiger partial charge in [-0.25, -0.2) is 4.39 Å². The number of carbonyl (C=O) groups is 2. The molecule has 7 nitrogen and oxygen atoms in total. The van der Waals surface area contributed by atoms with Crippen molar-refractivity contribution in [3.63, 3.8) is 0 Å². The molecule has 0 aliphatic carbocycles. The van der Waals surface area contributed by atoms with Crippen molar-refractivity contribution in [3.8, 4) is 28.4 Å².